The molecule has 0 aromatic heterocycles. The number of rotatable bonds is 73. The topological polar surface area (TPSA) is 0 Å². The van der Waals surface area contributed by atoms with Crippen LogP contribution in [0.5, 0.6) is 0 Å². The van der Waals surface area contributed by atoms with Gasteiger partial charge in [0.05, 0.1) is 0 Å². The van der Waals surface area contributed by atoms with Crippen molar-refractivity contribution >= 4 is 35.3 Å². The van der Waals surface area contributed by atoms with Gasteiger partial charge in [0.1, 0.15) is 0 Å². The van der Waals surface area contributed by atoms with E-state index in [1.54, 1.807) is 20.2 Å². The lowest BCUT2D eigenvalue weighted by molar-refractivity contribution is 0.520. The fourth-order valence-electron chi connectivity index (χ4n) is 12.9. The quantitative estimate of drug-likeness (QED) is 0.0471. The third kappa shape index (κ3) is 60.9. The molecular formula is C80H154S3. The van der Waals surface area contributed by atoms with Gasteiger partial charge < -0.3 is 0 Å². The Balaban J connectivity index is 2.33. The zero-order valence-corrected chi connectivity index (χ0v) is 60.3. The first-order valence-corrected chi connectivity index (χ1v) is 42.3. The molecule has 0 atom stereocenters. The van der Waals surface area contributed by atoms with Crippen molar-refractivity contribution < 1.29 is 0 Å². The maximum Gasteiger partial charge on any atom is 0.0344 e. The predicted molar refractivity (Wildman–Crippen MR) is 390 cm³/mol. The van der Waals surface area contributed by atoms with Crippen LogP contribution in [0.4, 0.5) is 0 Å². The lowest BCUT2D eigenvalue weighted by Crippen LogP contribution is -1.94. The highest BCUT2D eigenvalue weighted by atomic mass is 32.2. The highest BCUT2D eigenvalue weighted by Crippen LogP contribution is 2.41. The summed E-state index contributed by atoms with van der Waals surface area (Å²) in [5.74, 6) is 3.89. The van der Waals surface area contributed by atoms with E-state index in [1.807, 2.05) is 0 Å². The molecule has 0 aliphatic heterocycles. The minimum Gasteiger partial charge on any atom is -0.125 e. The summed E-state index contributed by atoms with van der Waals surface area (Å²) in [6.07, 6.45) is 97.6. The summed E-state index contributed by atoms with van der Waals surface area (Å²) in [5.41, 5.74) is 1.56. The van der Waals surface area contributed by atoms with Gasteiger partial charge in [0.25, 0.3) is 0 Å². The summed E-state index contributed by atoms with van der Waals surface area (Å²) in [6.45, 7) is 9.34. The fourth-order valence-corrected chi connectivity index (χ4v) is 16.7. The number of hydrogen-bond donors (Lipinski definition) is 0. The lowest BCUT2D eigenvalue weighted by Gasteiger charge is -2.16. The highest BCUT2D eigenvalue weighted by Gasteiger charge is 2.14. The number of hydrogen-bond acceptors (Lipinski definition) is 3. The van der Waals surface area contributed by atoms with Crippen molar-refractivity contribution in [3.05, 3.63) is 17.7 Å². The molecule has 0 spiro atoms. The Morgan fingerprint density at radius 1 is 0.181 bits per heavy atom. The second-order valence-electron chi connectivity index (χ2n) is 27.1. The number of aryl methyl sites for hydroxylation is 1. The minimum atomic E-state index is 1.16. The lowest BCUT2D eigenvalue weighted by atomic mass is 10.0. The maximum atomic E-state index is 2.60. The van der Waals surface area contributed by atoms with Gasteiger partial charge >= 0.3 is 0 Å². The Kier molecular flexibility index (Phi) is 69.9. The summed E-state index contributed by atoms with van der Waals surface area (Å²) in [7, 11) is 0. The molecule has 0 aliphatic rings. The number of thioether (sulfide) groups is 3. The zero-order chi connectivity index (χ0) is 59.3. The van der Waals surface area contributed by atoms with Crippen molar-refractivity contribution in [2.75, 3.05) is 17.3 Å². The van der Waals surface area contributed by atoms with E-state index < -0.39 is 0 Å². The fraction of sp³-hybridized carbons (Fsp3) is 0.925. The van der Waals surface area contributed by atoms with E-state index >= 15 is 0 Å². The summed E-state index contributed by atoms with van der Waals surface area (Å²) < 4.78 is 0. The van der Waals surface area contributed by atoms with Gasteiger partial charge in [-0.25, -0.2) is 0 Å². The average Bonchev–Trinajstić information content (AvgIpc) is 3.56. The van der Waals surface area contributed by atoms with Crippen LogP contribution >= 0.6 is 35.3 Å². The molecule has 0 unspecified atom stereocenters. The molecule has 0 radical (unpaired) electrons. The molecule has 0 saturated carbocycles. The van der Waals surface area contributed by atoms with Gasteiger partial charge in [0, 0.05) is 14.7 Å². The van der Waals surface area contributed by atoms with Gasteiger partial charge in [-0.15, -0.1) is 35.3 Å². The van der Waals surface area contributed by atoms with Crippen LogP contribution in [0.3, 0.4) is 0 Å². The van der Waals surface area contributed by atoms with Gasteiger partial charge in [-0.1, -0.05) is 432 Å². The summed E-state index contributed by atoms with van der Waals surface area (Å²) in [4.78, 5) is 4.89. The molecule has 0 heterocycles. The highest BCUT2D eigenvalue weighted by molar-refractivity contribution is 8.03. The predicted octanol–water partition coefficient (Wildman–Crippen LogP) is 31.3. The molecule has 0 nitrogen and oxygen atoms in total. The molecule has 3 heteroatoms. The summed E-state index contributed by atoms with van der Waals surface area (Å²) in [6, 6.07) is 5.21. The first kappa shape index (κ1) is 81.3. The second-order valence-corrected chi connectivity index (χ2v) is 30.5. The van der Waals surface area contributed by atoms with Crippen LogP contribution in [0.25, 0.3) is 0 Å². The van der Waals surface area contributed by atoms with Crippen LogP contribution in [0, 0.1) is 0 Å². The van der Waals surface area contributed by atoms with E-state index in [4.69, 9.17) is 0 Å². The average molecular weight is 1210 g/mol. The molecular weight excluding hydrogens is 1060 g/mol. The normalized spacial score (nSPS) is 11.8. The van der Waals surface area contributed by atoms with Crippen molar-refractivity contribution in [2.24, 2.45) is 0 Å². The van der Waals surface area contributed by atoms with E-state index in [0.717, 1.165) is 6.42 Å². The molecule has 83 heavy (non-hydrogen) atoms. The van der Waals surface area contributed by atoms with Gasteiger partial charge in [-0.05, 0) is 60.6 Å². The maximum absolute atomic E-state index is 2.60. The first-order valence-electron chi connectivity index (χ1n) is 39.3. The summed E-state index contributed by atoms with van der Waals surface area (Å²) >= 11 is 6.65. The molecule has 0 saturated heterocycles. The molecule has 1 aromatic carbocycles. The molecule has 0 N–H and O–H groups in total. The van der Waals surface area contributed by atoms with Crippen molar-refractivity contribution in [2.45, 2.75) is 473 Å². The van der Waals surface area contributed by atoms with E-state index in [-0.39, 0.29) is 0 Å². The zero-order valence-electron chi connectivity index (χ0n) is 57.9. The van der Waals surface area contributed by atoms with Crippen molar-refractivity contribution in [1.29, 1.82) is 0 Å². The third-order valence-electron chi connectivity index (χ3n) is 18.7. The van der Waals surface area contributed by atoms with E-state index in [1.165, 1.54) is 441 Å². The SMILES string of the molecule is CCCCCCCCCCCCCCCCCCCCCCCCSc1cc(CC)cc(SCCCCCCCCCCCCCCCCCCCCCCCC)c1SCCCCCCCCCCCCCCCCCCCCCCCC. The van der Waals surface area contributed by atoms with Gasteiger partial charge in [0.2, 0.25) is 0 Å². The Bertz CT molecular complexity index is 1270. The Morgan fingerprint density at radius 3 is 0.482 bits per heavy atom. The van der Waals surface area contributed by atoms with Crippen molar-refractivity contribution in [3.8, 4) is 0 Å². The van der Waals surface area contributed by atoms with Crippen molar-refractivity contribution in [1.82, 2.24) is 0 Å². The Hall–Kier alpha value is 0.270. The summed E-state index contributed by atoms with van der Waals surface area (Å²) in [5, 5.41) is 0. The Labute approximate surface area is 539 Å². The Morgan fingerprint density at radius 2 is 0.325 bits per heavy atom. The number of benzene rings is 1. The minimum absolute atomic E-state index is 1.16. The van der Waals surface area contributed by atoms with E-state index in [9.17, 15) is 0 Å². The molecule has 0 amide bonds. The molecule has 0 fully saturated rings. The first-order chi connectivity index (χ1) is 41.3. The van der Waals surface area contributed by atoms with Gasteiger partial charge in [-0.2, -0.15) is 0 Å². The van der Waals surface area contributed by atoms with Crippen LogP contribution in [0.1, 0.15) is 457 Å². The largest absolute Gasteiger partial charge is 0.125 e. The van der Waals surface area contributed by atoms with Crippen LogP contribution in [0.15, 0.2) is 26.8 Å². The van der Waals surface area contributed by atoms with Gasteiger partial charge in [-0.3, -0.25) is 0 Å². The van der Waals surface area contributed by atoms with E-state index in [2.05, 4.69) is 75.1 Å². The smallest absolute Gasteiger partial charge is 0.0344 e. The number of unbranched alkanes of at least 4 members (excludes halogenated alkanes) is 63. The molecule has 492 valence electrons. The van der Waals surface area contributed by atoms with Crippen molar-refractivity contribution in [3.63, 3.8) is 0 Å². The standard InChI is InChI=1S/C80H154S3/c1-5-9-12-15-18-21-24-27-30-33-36-39-42-45-48-51-54-57-60-63-66-69-72-81-78-75-77(8-4)76-79(82-73-70-67-64-61-58-55-52-49-46-43-40-37-34-31-28-25-22-19-16-13-10-6-2)80(78)83-74-71-68-65-62-59-56-53-50-47-44-41-38-35-32-29-26-23-20-17-14-11-7-3/h75-76H,5-74H2,1-4H3. The monoisotopic (exact) mass is 1210 g/mol. The van der Waals surface area contributed by atoms with Gasteiger partial charge in [0.15, 0.2) is 0 Å². The van der Waals surface area contributed by atoms with Crippen LogP contribution in [-0.2, 0) is 6.42 Å². The second kappa shape index (κ2) is 71.3. The third-order valence-corrected chi connectivity index (χ3v) is 22.5. The molecule has 0 bridgehead atoms. The molecule has 0 aliphatic carbocycles. The van der Waals surface area contributed by atoms with E-state index in [0.29, 0.717) is 0 Å². The molecule has 1 rings (SSSR count). The molecule has 1 aromatic rings. The van der Waals surface area contributed by atoms with Crippen LogP contribution < -0.4 is 0 Å². The van der Waals surface area contributed by atoms with Crippen LogP contribution in [-0.4, -0.2) is 17.3 Å². The van der Waals surface area contributed by atoms with Crippen LogP contribution in [0.2, 0.25) is 0 Å².